The minimum absolute atomic E-state index is 0.0156. The summed E-state index contributed by atoms with van der Waals surface area (Å²) in [7, 11) is 1.56. The number of nitrogens with one attached hydrogen (secondary N) is 2. The maximum absolute atomic E-state index is 13.7. The fourth-order valence-electron chi connectivity index (χ4n) is 2.78. The van der Waals surface area contributed by atoms with Crippen LogP contribution in [0.4, 0.5) is 19.3 Å². The Hall–Kier alpha value is -2.93. The van der Waals surface area contributed by atoms with Crippen LogP contribution in [0.3, 0.4) is 0 Å². The van der Waals surface area contributed by atoms with Crippen LogP contribution < -0.4 is 10.9 Å². The van der Waals surface area contributed by atoms with Crippen molar-refractivity contribution in [3.63, 3.8) is 0 Å². The number of carbonyl (C=O) groups is 1. The SMILES string of the molecule is C[C@H](c1c[nH]c(=O)c2cc(F)c(F)cc12)N(C)C(=O)Nc1cccc(Cl)c1. The van der Waals surface area contributed by atoms with Crippen molar-refractivity contribution in [2.45, 2.75) is 13.0 Å². The van der Waals surface area contributed by atoms with Crippen LogP contribution in [-0.2, 0) is 0 Å². The first-order chi connectivity index (χ1) is 12.8. The molecule has 27 heavy (non-hydrogen) atoms. The molecule has 0 saturated carbocycles. The van der Waals surface area contributed by atoms with Gasteiger partial charge in [-0.05, 0) is 48.2 Å². The number of benzene rings is 2. The first-order valence-corrected chi connectivity index (χ1v) is 8.45. The molecule has 3 aromatic rings. The van der Waals surface area contributed by atoms with Gasteiger partial charge in [-0.15, -0.1) is 0 Å². The molecule has 0 bridgehead atoms. The molecule has 8 heteroatoms. The number of rotatable bonds is 3. The summed E-state index contributed by atoms with van der Waals surface area (Å²) in [6.07, 6.45) is 1.40. The highest BCUT2D eigenvalue weighted by molar-refractivity contribution is 6.30. The van der Waals surface area contributed by atoms with Crippen molar-refractivity contribution in [1.82, 2.24) is 9.88 Å². The zero-order chi connectivity index (χ0) is 19.7. The molecule has 0 spiro atoms. The molecule has 140 valence electrons. The lowest BCUT2D eigenvalue weighted by atomic mass is 10.0. The molecule has 0 radical (unpaired) electrons. The first kappa shape index (κ1) is 18.8. The number of anilines is 1. The molecule has 0 unspecified atom stereocenters. The van der Waals surface area contributed by atoms with Crippen molar-refractivity contribution < 1.29 is 13.6 Å². The van der Waals surface area contributed by atoms with Crippen LogP contribution in [0.1, 0.15) is 18.5 Å². The molecule has 2 amide bonds. The highest BCUT2D eigenvalue weighted by Crippen LogP contribution is 2.27. The number of halogens is 3. The number of aromatic nitrogens is 1. The van der Waals surface area contributed by atoms with Crippen molar-refractivity contribution >= 4 is 34.1 Å². The Kier molecular flexibility index (Phi) is 5.14. The summed E-state index contributed by atoms with van der Waals surface area (Å²) in [5, 5.41) is 3.45. The number of urea groups is 1. The summed E-state index contributed by atoms with van der Waals surface area (Å²) in [5.41, 5.74) is 0.462. The van der Waals surface area contributed by atoms with Crippen molar-refractivity contribution in [3.05, 3.63) is 75.2 Å². The molecule has 1 atom stereocenters. The lowest BCUT2D eigenvalue weighted by Crippen LogP contribution is -2.34. The number of hydrogen-bond acceptors (Lipinski definition) is 2. The van der Waals surface area contributed by atoms with E-state index in [1.54, 1.807) is 38.2 Å². The Morgan fingerprint density at radius 3 is 2.52 bits per heavy atom. The van der Waals surface area contributed by atoms with Gasteiger partial charge in [-0.3, -0.25) is 4.79 Å². The first-order valence-electron chi connectivity index (χ1n) is 8.07. The minimum atomic E-state index is -1.11. The van der Waals surface area contributed by atoms with Crippen LogP contribution in [0, 0.1) is 11.6 Å². The van der Waals surface area contributed by atoms with Gasteiger partial charge in [0.25, 0.3) is 5.56 Å². The van der Waals surface area contributed by atoms with E-state index in [1.165, 1.54) is 11.1 Å². The van der Waals surface area contributed by atoms with Gasteiger partial charge in [-0.2, -0.15) is 0 Å². The third-order valence-corrected chi connectivity index (χ3v) is 4.64. The Balaban J connectivity index is 1.94. The monoisotopic (exact) mass is 391 g/mol. The zero-order valence-electron chi connectivity index (χ0n) is 14.5. The molecule has 5 nitrogen and oxygen atoms in total. The van der Waals surface area contributed by atoms with Crippen LogP contribution in [-0.4, -0.2) is 23.0 Å². The van der Waals surface area contributed by atoms with E-state index in [1.807, 2.05) is 0 Å². The second-order valence-electron chi connectivity index (χ2n) is 6.11. The smallest absolute Gasteiger partial charge is 0.322 e. The third-order valence-electron chi connectivity index (χ3n) is 4.40. The maximum Gasteiger partial charge on any atom is 0.322 e. The van der Waals surface area contributed by atoms with E-state index in [9.17, 15) is 18.4 Å². The Morgan fingerprint density at radius 1 is 1.19 bits per heavy atom. The number of fused-ring (bicyclic) bond motifs is 1. The Morgan fingerprint density at radius 2 is 1.85 bits per heavy atom. The molecule has 1 aromatic heterocycles. The van der Waals surface area contributed by atoms with E-state index >= 15 is 0 Å². The van der Waals surface area contributed by atoms with Crippen LogP contribution in [0.5, 0.6) is 0 Å². The molecule has 0 aliphatic rings. The maximum atomic E-state index is 13.7. The molecule has 0 saturated heterocycles. The second-order valence-corrected chi connectivity index (χ2v) is 6.55. The summed E-state index contributed by atoms with van der Waals surface area (Å²) in [6.45, 7) is 1.71. The average Bonchev–Trinajstić information content (AvgIpc) is 2.62. The van der Waals surface area contributed by atoms with Gasteiger partial charge in [0.05, 0.1) is 11.4 Å². The summed E-state index contributed by atoms with van der Waals surface area (Å²) in [5.74, 6) is -2.17. The van der Waals surface area contributed by atoms with Crippen LogP contribution in [0.15, 0.2) is 47.4 Å². The third kappa shape index (κ3) is 3.78. The van der Waals surface area contributed by atoms with Crippen molar-refractivity contribution in [3.8, 4) is 0 Å². The van der Waals surface area contributed by atoms with Crippen LogP contribution in [0.25, 0.3) is 10.8 Å². The summed E-state index contributed by atoms with van der Waals surface area (Å²) >= 11 is 5.91. The molecule has 0 aliphatic carbocycles. The molecule has 0 aliphatic heterocycles. The van der Waals surface area contributed by atoms with Crippen LogP contribution >= 0.6 is 11.6 Å². The number of amides is 2. The number of pyridine rings is 1. The van der Waals surface area contributed by atoms with Gasteiger partial charge in [0, 0.05) is 24.0 Å². The van der Waals surface area contributed by atoms with Gasteiger partial charge in [0.15, 0.2) is 11.6 Å². The standard InChI is InChI=1S/C19H16ClF2N3O2/c1-10(25(2)19(27)24-12-5-3-4-11(20)6-12)15-9-23-18(26)14-8-17(22)16(21)7-13(14)15/h3-10H,1-2H3,(H,23,26)(H,24,27)/t10-/m1/s1. The number of aromatic amines is 1. The summed E-state index contributed by atoms with van der Waals surface area (Å²) in [4.78, 5) is 28.4. The van der Waals surface area contributed by atoms with E-state index in [0.717, 1.165) is 12.1 Å². The van der Waals surface area contributed by atoms with Gasteiger partial charge < -0.3 is 15.2 Å². The van der Waals surface area contributed by atoms with Crippen molar-refractivity contribution in [1.29, 1.82) is 0 Å². The van der Waals surface area contributed by atoms with Gasteiger partial charge in [0.1, 0.15) is 0 Å². The highest BCUT2D eigenvalue weighted by atomic mass is 35.5. The minimum Gasteiger partial charge on any atom is -0.328 e. The zero-order valence-corrected chi connectivity index (χ0v) is 15.3. The molecular formula is C19H16ClF2N3O2. The summed E-state index contributed by atoms with van der Waals surface area (Å²) in [6, 6.07) is 7.54. The second kappa shape index (κ2) is 7.36. The van der Waals surface area contributed by atoms with Gasteiger partial charge in [-0.1, -0.05) is 17.7 Å². The predicted molar refractivity (Wildman–Crippen MR) is 101 cm³/mol. The van der Waals surface area contributed by atoms with Crippen LogP contribution in [0.2, 0.25) is 5.02 Å². The van der Waals surface area contributed by atoms with E-state index in [-0.39, 0.29) is 10.8 Å². The van der Waals surface area contributed by atoms with E-state index < -0.39 is 29.3 Å². The number of hydrogen-bond donors (Lipinski definition) is 2. The van der Waals surface area contributed by atoms with Crippen molar-refractivity contribution in [2.75, 3.05) is 12.4 Å². The molecular weight excluding hydrogens is 376 g/mol. The quantitative estimate of drug-likeness (QED) is 0.680. The lowest BCUT2D eigenvalue weighted by molar-refractivity contribution is 0.208. The molecule has 0 fully saturated rings. The van der Waals surface area contributed by atoms with Gasteiger partial charge >= 0.3 is 6.03 Å². The Bertz CT molecular complexity index is 1080. The molecule has 2 aromatic carbocycles. The van der Waals surface area contributed by atoms with Gasteiger partial charge in [0.2, 0.25) is 0 Å². The fraction of sp³-hybridized carbons (Fsp3) is 0.158. The average molecular weight is 392 g/mol. The molecule has 1 heterocycles. The number of H-pyrrole nitrogens is 1. The van der Waals surface area contributed by atoms with Gasteiger partial charge in [-0.25, -0.2) is 13.6 Å². The normalized spacial score (nSPS) is 12.0. The highest BCUT2D eigenvalue weighted by Gasteiger charge is 2.21. The largest absolute Gasteiger partial charge is 0.328 e. The topological polar surface area (TPSA) is 65.2 Å². The van der Waals surface area contributed by atoms with E-state index in [2.05, 4.69) is 10.3 Å². The van der Waals surface area contributed by atoms with E-state index in [4.69, 9.17) is 11.6 Å². The Labute approximate surface area is 158 Å². The fourth-order valence-corrected chi connectivity index (χ4v) is 2.97. The van der Waals surface area contributed by atoms with Crippen molar-refractivity contribution in [2.24, 2.45) is 0 Å². The predicted octanol–water partition coefficient (Wildman–Crippen LogP) is 4.68. The van der Waals surface area contributed by atoms with E-state index in [0.29, 0.717) is 16.3 Å². The lowest BCUT2D eigenvalue weighted by Gasteiger charge is -2.26. The number of carbonyl (C=O) groups excluding carboxylic acids is 1. The number of nitrogens with zero attached hydrogens (tertiary/aromatic N) is 1. The molecule has 2 N–H and O–H groups in total. The molecule has 3 rings (SSSR count). The summed E-state index contributed by atoms with van der Waals surface area (Å²) < 4.78 is 27.2.